The van der Waals surface area contributed by atoms with Crippen molar-refractivity contribution < 1.29 is 14.5 Å². The van der Waals surface area contributed by atoms with E-state index in [1.807, 2.05) is 31.2 Å². The van der Waals surface area contributed by atoms with Gasteiger partial charge < -0.3 is 9.64 Å². The van der Waals surface area contributed by atoms with Crippen LogP contribution in [0.3, 0.4) is 0 Å². The average Bonchev–Trinajstić information content (AvgIpc) is 3.02. The summed E-state index contributed by atoms with van der Waals surface area (Å²) in [5.74, 6) is 0.559. The maximum atomic E-state index is 12.4. The van der Waals surface area contributed by atoms with Crippen molar-refractivity contribution in [3.8, 4) is 5.75 Å². The van der Waals surface area contributed by atoms with Crippen LogP contribution in [0, 0.1) is 10.1 Å². The Hall–Kier alpha value is -2.41. The predicted molar refractivity (Wildman–Crippen MR) is 84.4 cm³/mol. The number of methoxy groups -OCH3 is 1. The van der Waals surface area contributed by atoms with Gasteiger partial charge in [-0.15, -0.1) is 0 Å². The normalized spacial score (nSPS) is 10.3. The standard InChI is InChI=1S/C15H16N2O4S/c1-3-16(10-11-4-6-12(21-2)7-5-11)15(18)13-8-9-14(22-13)17(19)20/h4-9H,3,10H2,1-2H3. The molecule has 7 heteroatoms. The summed E-state index contributed by atoms with van der Waals surface area (Å²) in [6.45, 7) is 2.85. The highest BCUT2D eigenvalue weighted by molar-refractivity contribution is 7.17. The van der Waals surface area contributed by atoms with Gasteiger partial charge in [-0.2, -0.15) is 0 Å². The van der Waals surface area contributed by atoms with E-state index in [4.69, 9.17) is 4.74 Å². The van der Waals surface area contributed by atoms with E-state index in [2.05, 4.69) is 0 Å². The van der Waals surface area contributed by atoms with Crippen molar-refractivity contribution >= 4 is 22.2 Å². The van der Waals surface area contributed by atoms with Gasteiger partial charge in [-0.3, -0.25) is 14.9 Å². The molecule has 2 rings (SSSR count). The van der Waals surface area contributed by atoms with Crippen molar-refractivity contribution in [2.75, 3.05) is 13.7 Å². The summed E-state index contributed by atoms with van der Waals surface area (Å²) < 4.78 is 5.10. The molecule has 0 aliphatic rings. The second kappa shape index (κ2) is 7.04. The first-order valence-electron chi connectivity index (χ1n) is 6.71. The van der Waals surface area contributed by atoms with E-state index in [1.54, 1.807) is 12.0 Å². The molecule has 0 atom stereocenters. The molecule has 0 bridgehead atoms. The summed E-state index contributed by atoms with van der Waals surface area (Å²) in [5.41, 5.74) is 0.974. The number of carbonyl (C=O) groups excluding carboxylic acids is 1. The quantitative estimate of drug-likeness (QED) is 0.604. The number of hydrogen-bond donors (Lipinski definition) is 0. The average molecular weight is 320 g/mol. The second-order valence-electron chi connectivity index (χ2n) is 4.56. The van der Waals surface area contributed by atoms with Crippen molar-refractivity contribution in [2.24, 2.45) is 0 Å². The zero-order valence-corrected chi connectivity index (χ0v) is 13.1. The summed E-state index contributed by atoms with van der Waals surface area (Å²) in [5, 5.41) is 10.7. The molecule has 116 valence electrons. The van der Waals surface area contributed by atoms with Gasteiger partial charge in [0.1, 0.15) is 5.75 Å². The molecular formula is C15H16N2O4S. The molecule has 1 heterocycles. The maximum absolute atomic E-state index is 12.4. The molecule has 0 N–H and O–H groups in total. The van der Waals surface area contributed by atoms with E-state index in [0.29, 0.717) is 18.0 Å². The Bertz CT molecular complexity index is 666. The Kier molecular flexibility index (Phi) is 5.11. The summed E-state index contributed by atoms with van der Waals surface area (Å²) in [6, 6.07) is 10.3. The lowest BCUT2D eigenvalue weighted by Gasteiger charge is -2.20. The highest BCUT2D eigenvalue weighted by Crippen LogP contribution is 2.25. The van der Waals surface area contributed by atoms with Gasteiger partial charge in [-0.1, -0.05) is 23.5 Å². The number of thiophene rings is 1. The molecule has 0 unspecified atom stereocenters. The van der Waals surface area contributed by atoms with Crippen LogP contribution >= 0.6 is 11.3 Å². The molecular weight excluding hydrogens is 304 g/mol. The summed E-state index contributed by atoms with van der Waals surface area (Å²) in [7, 11) is 1.60. The van der Waals surface area contributed by atoms with Crippen LogP contribution in [0.25, 0.3) is 0 Å². The topological polar surface area (TPSA) is 72.7 Å². The van der Waals surface area contributed by atoms with E-state index < -0.39 is 4.92 Å². The van der Waals surface area contributed by atoms with Crippen LogP contribution in [0.2, 0.25) is 0 Å². The van der Waals surface area contributed by atoms with Crippen LogP contribution in [-0.2, 0) is 6.54 Å². The molecule has 1 aromatic carbocycles. The second-order valence-corrected chi connectivity index (χ2v) is 5.62. The van der Waals surface area contributed by atoms with Crippen LogP contribution < -0.4 is 4.74 Å². The van der Waals surface area contributed by atoms with Gasteiger partial charge in [0.2, 0.25) is 0 Å². The molecule has 6 nitrogen and oxygen atoms in total. The number of ether oxygens (including phenoxy) is 1. The number of amides is 1. The molecule has 2 aromatic rings. The van der Waals surface area contributed by atoms with Gasteiger partial charge in [0.25, 0.3) is 5.91 Å². The minimum absolute atomic E-state index is 0.0242. The lowest BCUT2D eigenvalue weighted by molar-refractivity contribution is -0.380. The highest BCUT2D eigenvalue weighted by Gasteiger charge is 2.20. The number of rotatable bonds is 6. The van der Waals surface area contributed by atoms with Gasteiger partial charge in [0, 0.05) is 19.2 Å². The molecule has 0 saturated heterocycles. The fourth-order valence-electron chi connectivity index (χ4n) is 1.98. The van der Waals surface area contributed by atoms with Crippen molar-refractivity contribution in [3.05, 3.63) is 57.0 Å². The van der Waals surface area contributed by atoms with Gasteiger partial charge in [-0.05, 0) is 30.7 Å². The maximum Gasteiger partial charge on any atom is 0.324 e. The van der Waals surface area contributed by atoms with Crippen molar-refractivity contribution in [2.45, 2.75) is 13.5 Å². The largest absolute Gasteiger partial charge is 0.497 e. The molecule has 0 fully saturated rings. The van der Waals surface area contributed by atoms with Crippen molar-refractivity contribution in [1.82, 2.24) is 4.90 Å². The number of hydrogen-bond acceptors (Lipinski definition) is 5. The molecule has 0 aliphatic heterocycles. The smallest absolute Gasteiger partial charge is 0.324 e. The van der Waals surface area contributed by atoms with E-state index in [1.165, 1.54) is 12.1 Å². The lowest BCUT2D eigenvalue weighted by Crippen LogP contribution is -2.29. The van der Waals surface area contributed by atoms with Crippen molar-refractivity contribution in [3.63, 3.8) is 0 Å². The van der Waals surface area contributed by atoms with Crippen molar-refractivity contribution in [1.29, 1.82) is 0 Å². The minimum Gasteiger partial charge on any atom is -0.497 e. The van der Waals surface area contributed by atoms with E-state index >= 15 is 0 Å². The van der Waals surface area contributed by atoms with Gasteiger partial charge in [-0.25, -0.2) is 0 Å². The molecule has 1 aromatic heterocycles. The monoisotopic (exact) mass is 320 g/mol. The zero-order chi connectivity index (χ0) is 16.1. The first-order valence-corrected chi connectivity index (χ1v) is 7.53. The molecule has 0 radical (unpaired) electrons. The third-order valence-electron chi connectivity index (χ3n) is 3.18. The Labute approximate surface area is 132 Å². The number of nitrogens with zero attached hydrogens (tertiary/aromatic N) is 2. The fraction of sp³-hybridized carbons (Fsp3) is 0.267. The molecule has 22 heavy (non-hydrogen) atoms. The van der Waals surface area contributed by atoms with Crippen LogP contribution in [-0.4, -0.2) is 29.4 Å². The Morgan fingerprint density at radius 2 is 1.95 bits per heavy atom. The Morgan fingerprint density at radius 1 is 1.27 bits per heavy atom. The number of nitro groups is 1. The summed E-state index contributed by atoms with van der Waals surface area (Å²) in [4.78, 5) is 24.7. The van der Waals surface area contributed by atoms with Gasteiger partial charge >= 0.3 is 5.00 Å². The third-order valence-corrected chi connectivity index (χ3v) is 4.21. The molecule has 0 aliphatic carbocycles. The fourth-order valence-corrected chi connectivity index (χ4v) is 2.76. The molecule has 0 saturated carbocycles. The van der Waals surface area contributed by atoms with Crippen LogP contribution in [0.4, 0.5) is 5.00 Å². The van der Waals surface area contributed by atoms with E-state index in [-0.39, 0.29) is 10.9 Å². The number of benzene rings is 1. The van der Waals surface area contributed by atoms with Crippen LogP contribution in [0.15, 0.2) is 36.4 Å². The highest BCUT2D eigenvalue weighted by atomic mass is 32.1. The molecule has 0 spiro atoms. The molecule has 1 amide bonds. The van der Waals surface area contributed by atoms with E-state index in [0.717, 1.165) is 22.6 Å². The Balaban J connectivity index is 2.12. The third kappa shape index (κ3) is 3.62. The van der Waals surface area contributed by atoms with E-state index in [9.17, 15) is 14.9 Å². The zero-order valence-electron chi connectivity index (χ0n) is 12.3. The summed E-state index contributed by atoms with van der Waals surface area (Å²) in [6.07, 6.45) is 0. The van der Waals surface area contributed by atoms with Gasteiger partial charge in [0.05, 0.1) is 16.9 Å². The van der Waals surface area contributed by atoms with Crippen LogP contribution in [0.5, 0.6) is 5.75 Å². The number of carbonyl (C=O) groups is 1. The van der Waals surface area contributed by atoms with Crippen LogP contribution in [0.1, 0.15) is 22.2 Å². The lowest BCUT2D eigenvalue weighted by atomic mass is 10.2. The summed E-state index contributed by atoms with van der Waals surface area (Å²) >= 11 is 0.899. The first kappa shape index (κ1) is 16.0. The SMILES string of the molecule is CCN(Cc1ccc(OC)cc1)C(=O)c1ccc([N+](=O)[O-])s1. The first-order chi connectivity index (χ1) is 10.5. The predicted octanol–water partition coefficient (Wildman–Crippen LogP) is 3.33. The van der Waals surface area contributed by atoms with Gasteiger partial charge in [0.15, 0.2) is 0 Å². The Morgan fingerprint density at radius 3 is 2.45 bits per heavy atom. The minimum atomic E-state index is -0.485.